The second kappa shape index (κ2) is 8.71. The molecule has 1 atom stereocenters. The van der Waals surface area contributed by atoms with Crippen LogP contribution in [-0.2, 0) is 19.6 Å². The van der Waals surface area contributed by atoms with Crippen molar-refractivity contribution in [2.24, 2.45) is 5.92 Å². The Kier molecular flexibility index (Phi) is 6.29. The van der Waals surface area contributed by atoms with Gasteiger partial charge in [-0.25, -0.2) is 12.8 Å². The van der Waals surface area contributed by atoms with Crippen LogP contribution in [-0.4, -0.2) is 37.7 Å². The van der Waals surface area contributed by atoms with Gasteiger partial charge >= 0.3 is 5.97 Å². The minimum atomic E-state index is -3.82. The zero-order valence-electron chi connectivity index (χ0n) is 15.8. The fourth-order valence-electron chi connectivity index (χ4n) is 3.12. The monoisotopic (exact) mass is 420 g/mol. The number of ether oxygens (including phenoxy) is 1. The Balaban J connectivity index is 1.66. The highest BCUT2D eigenvalue weighted by atomic mass is 32.2. The molecule has 2 aromatic carbocycles. The predicted molar refractivity (Wildman–Crippen MR) is 104 cm³/mol. The van der Waals surface area contributed by atoms with Crippen molar-refractivity contribution in [1.29, 1.82) is 0 Å². The number of carbonyl (C=O) groups excluding carboxylic acids is 2. The summed E-state index contributed by atoms with van der Waals surface area (Å²) in [6.07, 6.45) is 1.03. The van der Waals surface area contributed by atoms with Crippen molar-refractivity contribution >= 4 is 27.6 Å². The van der Waals surface area contributed by atoms with Crippen molar-refractivity contribution in [2.45, 2.75) is 24.7 Å². The summed E-state index contributed by atoms with van der Waals surface area (Å²) in [4.78, 5) is 23.6. The summed E-state index contributed by atoms with van der Waals surface area (Å²) in [5.41, 5.74) is 0.575. The van der Waals surface area contributed by atoms with Crippen LogP contribution in [0.4, 0.5) is 10.1 Å². The fraction of sp³-hybridized carbons (Fsp3) is 0.300. The van der Waals surface area contributed by atoms with E-state index in [1.54, 1.807) is 24.3 Å². The van der Waals surface area contributed by atoms with Gasteiger partial charge in [-0.05, 0) is 61.4 Å². The van der Waals surface area contributed by atoms with Crippen molar-refractivity contribution < 1.29 is 27.1 Å². The number of amides is 1. The zero-order chi connectivity index (χ0) is 21.0. The van der Waals surface area contributed by atoms with E-state index >= 15 is 0 Å². The number of esters is 1. The molecule has 1 N–H and O–H groups in total. The van der Waals surface area contributed by atoms with Gasteiger partial charge in [-0.15, -0.1) is 0 Å². The van der Waals surface area contributed by atoms with E-state index in [-0.39, 0.29) is 23.9 Å². The van der Waals surface area contributed by atoms with Crippen LogP contribution >= 0.6 is 0 Å². The van der Waals surface area contributed by atoms with E-state index in [0.717, 1.165) is 12.1 Å². The van der Waals surface area contributed by atoms with Crippen LogP contribution in [0.2, 0.25) is 0 Å². The highest BCUT2D eigenvalue weighted by Gasteiger charge is 2.34. The van der Waals surface area contributed by atoms with Crippen LogP contribution in [0.25, 0.3) is 0 Å². The van der Waals surface area contributed by atoms with Gasteiger partial charge < -0.3 is 10.1 Å². The van der Waals surface area contributed by atoms with Crippen molar-refractivity contribution in [3.8, 4) is 5.75 Å². The first-order valence-corrected chi connectivity index (χ1v) is 10.5. The summed E-state index contributed by atoms with van der Waals surface area (Å²) in [5.74, 6) is -1.54. The summed E-state index contributed by atoms with van der Waals surface area (Å²) < 4.78 is 45.2. The molecule has 1 aliphatic rings. The first-order chi connectivity index (χ1) is 13.8. The third-order valence-corrected chi connectivity index (χ3v) is 6.44. The number of hydrogen-bond acceptors (Lipinski definition) is 5. The first-order valence-electron chi connectivity index (χ1n) is 9.11. The number of nitrogens with one attached hydrogen (secondary N) is 1. The maximum absolute atomic E-state index is 13.1. The number of sulfonamides is 1. The number of benzene rings is 2. The van der Waals surface area contributed by atoms with Crippen LogP contribution in [0.1, 0.15) is 19.8 Å². The highest BCUT2D eigenvalue weighted by molar-refractivity contribution is 7.89. The Bertz CT molecular complexity index is 991. The minimum Gasteiger partial charge on any atom is -0.426 e. The predicted octanol–water partition coefficient (Wildman–Crippen LogP) is 2.79. The molecule has 3 rings (SSSR count). The van der Waals surface area contributed by atoms with Crippen LogP contribution in [0.5, 0.6) is 5.75 Å². The van der Waals surface area contributed by atoms with Crippen LogP contribution in [0.15, 0.2) is 53.4 Å². The third kappa shape index (κ3) is 5.18. The molecule has 0 bridgehead atoms. The molecular weight excluding hydrogens is 399 g/mol. The lowest BCUT2D eigenvalue weighted by Gasteiger charge is -2.30. The highest BCUT2D eigenvalue weighted by Crippen LogP contribution is 2.26. The Morgan fingerprint density at radius 3 is 2.38 bits per heavy atom. The molecule has 1 fully saturated rings. The van der Waals surface area contributed by atoms with Crippen LogP contribution in [0.3, 0.4) is 0 Å². The standard InChI is InChI=1S/C20H21FN2O5S/c1-14(24)22-17-6-8-18(9-7-17)28-20(25)15-3-2-12-23(13-15)29(26,27)19-10-4-16(21)5-11-19/h4-11,15H,2-3,12-13H2,1H3,(H,22,24). The minimum absolute atomic E-state index is 0.00250. The number of piperidine rings is 1. The third-order valence-electron chi connectivity index (χ3n) is 4.56. The average molecular weight is 420 g/mol. The van der Waals surface area contributed by atoms with Crippen molar-refractivity contribution in [3.63, 3.8) is 0 Å². The molecule has 0 spiro atoms. The van der Waals surface area contributed by atoms with Gasteiger partial charge in [-0.2, -0.15) is 4.31 Å². The largest absolute Gasteiger partial charge is 0.426 e. The summed E-state index contributed by atoms with van der Waals surface area (Å²) in [5, 5.41) is 2.61. The molecule has 1 unspecified atom stereocenters. The number of rotatable bonds is 5. The quantitative estimate of drug-likeness (QED) is 0.593. The molecule has 1 aliphatic heterocycles. The molecular formula is C20H21FN2O5S. The van der Waals surface area contributed by atoms with E-state index in [1.807, 2.05) is 0 Å². The van der Waals surface area contributed by atoms with Crippen molar-refractivity contribution in [3.05, 3.63) is 54.3 Å². The van der Waals surface area contributed by atoms with Gasteiger partial charge in [0.25, 0.3) is 0 Å². The maximum atomic E-state index is 13.1. The topological polar surface area (TPSA) is 92.8 Å². The van der Waals surface area contributed by atoms with Gasteiger partial charge in [0.15, 0.2) is 0 Å². The molecule has 0 saturated carbocycles. The molecule has 0 radical (unpaired) electrons. The molecule has 2 aromatic rings. The van der Waals surface area contributed by atoms with Gasteiger partial charge in [-0.3, -0.25) is 9.59 Å². The van der Waals surface area contributed by atoms with E-state index in [0.29, 0.717) is 24.3 Å². The Morgan fingerprint density at radius 2 is 1.76 bits per heavy atom. The first kappa shape index (κ1) is 20.9. The van der Waals surface area contributed by atoms with E-state index < -0.39 is 27.7 Å². The second-order valence-electron chi connectivity index (χ2n) is 6.78. The van der Waals surface area contributed by atoms with Gasteiger partial charge in [0.1, 0.15) is 11.6 Å². The van der Waals surface area contributed by atoms with E-state index in [9.17, 15) is 22.4 Å². The number of nitrogens with zero attached hydrogens (tertiary/aromatic N) is 1. The van der Waals surface area contributed by atoms with Crippen LogP contribution in [0, 0.1) is 11.7 Å². The summed E-state index contributed by atoms with van der Waals surface area (Å²) in [6.45, 7) is 1.68. The Hall–Kier alpha value is -2.78. The number of hydrogen-bond donors (Lipinski definition) is 1. The Labute approximate surface area is 168 Å². The number of carbonyl (C=O) groups is 2. The molecule has 1 amide bonds. The molecule has 1 heterocycles. The van der Waals surface area contributed by atoms with Gasteiger partial charge in [0.05, 0.1) is 10.8 Å². The van der Waals surface area contributed by atoms with Crippen molar-refractivity contribution in [1.82, 2.24) is 4.31 Å². The van der Waals surface area contributed by atoms with Gasteiger partial charge in [-0.1, -0.05) is 0 Å². The number of halogens is 1. The lowest BCUT2D eigenvalue weighted by Crippen LogP contribution is -2.43. The van der Waals surface area contributed by atoms with Gasteiger partial charge in [0.2, 0.25) is 15.9 Å². The smallest absolute Gasteiger partial charge is 0.315 e. The molecule has 0 aliphatic carbocycles. The summed E-state index contributed by atoms with van der Waals surface area (Å²) in [7, 11) is -3.82. The lowest BCUT2D eigenvalue weighted by molar-refractivity contribution is -0.140. The summed E-state index contributed by atoms with van der Waals surface area (Å²) >= 11 is 0. The molecule has 7 nitrogen and oxygen atoms in total. The molecule has 154 valence electrons. The molecule has 1 saturated heterocycles. The van der Waals surface area contributed by atoms with Gasteiger partial charge in [0, 0.05) is 25.7 Å². The van der Waals surface area contributed by atoms with E-state index in [2.05, 4.69) is 5.32 Å². The molecule has 29 heavy (non-hydrogen) atoms. The molecule has 9 heteroatoms. The van der Waals surface area contributed by atoms with Crippen molar-refractivity contribution in [2.75, 3.05) is 18.4 Å². The van der Waals surface area contributed by atoms with E-state index in [1.165, 1.54) is 23.4 Å². The SMILES string of the molecule is CC(=O)Nc1ccc(OC(=O)C2CCCN(S(=O)(=O)c3ccc(F)cc3)C2)cc1. The zero-order valence-corrected chi connectivity index (χ0v) is 16.6. The average Bonchev–Trinajstić information content (AvgIpc) is 2.69. The second-order valence-corrected chi connectivity index (χ2v) is 8.72. The lowest BCUT2D eigenvalue weighted by atomic mass is 10.00. The maximum Gasteiger partial charge on any atom is 0.315 e. The molecule has 0 aromatic heterocycles. The van der Waals surface area contributed by atoms with Crippen LogP contribution < -0.4 is 10.1 Å². The number of anilines is 1. The van der Waals surface area contributed by atoms with E-state index in [4.69, 9.17) is 4.74 Å². The Morgan fingerprint density at radius 1 is 1.10 bits per heavy atom. The summed E-state index contributed by atoms with van der Waals surface area (Å²) in [6, 6.07) is 10.9. The fourth-order valence-corrected chi connectivity index (χ4v) is 4.64. The normalized spacial score (nSPS) is 17.5.